The Kier molecular flexibility index (Phi) is 7.85. The molecule has 1 unspecified atom stereocenters. The molecule has 194 valence electrons. The molecule has 0 aliphatic carbocycles. The lowest BCUT2D eigenvalue weighted by Crippen LogP contribution is -2.51. The van der Waals surface area contributed by atoms with Gasteiger partial charge in [0.15, 0.2) is 0 Å². The average molecular weight is 508 g/mol. The van der Waals surface area contributed by atoms with Crippen LogP contribution in [0.1, 0.15) is 28.9 Å². The first-order valence-corrected chi connectivity index (χ1v) is 13.1. The lowest BCUT2D eigenvalue weighted by Gasteiger charge is -2.39. The molecule has 2 heterocycles. The highest BCUT2D eigenvalue weighted by Gasteiger charge is 2.30. The number of likely N-dealkylation sites (N-methyl/N-ethyl adjacent to an activating group) is 1. The number of rotatable bonds is 8. The molecule has 3 N–H and O–H groups in total. The molecule has 4 aromatic rings. The van der Waals surface area contributed by atoms with E-state index >= 15 is 0 Å². The van der Waals surface area contributed by atoms with Gasteiger partial charge in [-0.05, 0) is 55.0 Å². The molecule has 2 amide bonds. The van der Waals surface area contributed by atoms with Crippen molar-refractivity contribution in [3.05, 3.63) is 108 Å². The maximum atomic E-state index is 13.1. The minimum atomic E-state index is -0.287. The van der Waals surface area contributed by atoms with Crippen LogP contribution in [-0.4, -0.2) is 54.4 Å². The SMILES string of the molecule is CCNC(=O)C(c1ccccc1)N1CCN(c2ccc(NC(=O)c3ccccc3-c3ccc[nH]3)cc2)CC1. The van der Waals surface area contributed by atoms with E-state index in [0.29, 0.717) is 12.1 Å². The molecular weight excluding hydrogens is 474 g/mol. The Morgan fingerprint density at radius 2 is 1.55 bits per heavy atom. The Morgan fingerprint density at radius 1 is 0.842 bits per heavy atom. The molecule has 0 saturated carbocycles. The zero-order chi connectivity index (χ0) is 26.3. The van der Waals surface area contributed by atoms with E-state index in [1.54, 1.807) is 0 Å². The van der Waals surface area contributed by atoms with Crippen LogP contribution in [0.5, 0.6) is 0 Å². The second-order valence-electron chi connectivity index (χ2n) is 9.36. The number of nitrogens with one attached hydrogen (secondary N) is 3. The second-order valence-corrected chi connectivity index (χ2v) is 9.36. The van der Waals surface area contributed by atoms with E-state index in [4.69, 9.17) is 0 Å². The molecule has 1 atom stereocenters. The first kappa shape index (κ1) is 25.3. The topological polar surface area (TPSA) is 80.5 Å². The number of aromatic nitrogens is 1. The minimum absolute atomic E-state index is 0.0464. The minimum Gasteiger partial charge on any atom is -0.369 e. The molecule has 38 heavy (non-hydrogen) atoms. The van der Waals surface area contributed by atoms with Gasteiger partial charge in [0.1, 0.15) is 6.04 Å². The molecule has 1 aliphatic heterocycles. The average Bonchev–Trinajstić information content (AvgIpc) is 3.50. The van der Waals surface area contributed by atoms with Gasteiger partial charge in [-0.3, -0.25) is 14.5 Å². The molecule has 1 fully saturated rings. The fraction of sp³-hybridized carbons (Fsp3) is 0.226. The predicted octanol–water partition coefficient (Wildman–Crippen LogP) is 4.93. The second kappa shape index (κ2) is 11.8. The van der Waals surface area contributed by atoms with Crippen LogP contribution in [0.3, 0.4) is 0 Å². The summed E-state index contributed by atoms with van der Waals surface area (Å²) in [5.41, 5.74) is 5.26. The van der Waals surface area contributed by atoms with E-state index in [-0.39, 0.29) is 17.9 Å². The summed E-state index contributed by atoms with van der Waals surface area (Å²) in [4.78, 5) is 33.7. The summed E-state index contributed by atoms with van der Waals surface area (Å²) in [6, 6.07) is 29.1. The van der Waals surface area contributed by atoms with Gasteiger partial charge in [-0.15, -0.1) is 0 Å². The van der Waals surface area contributed by atoms with E-state index in [1.807, 2.05) is 104 Å². The summed E-state index contributed by atoms with van der Waals surface area (Å²) in [6.45, 7) is 5.76. The fourth-order valence-electron chi connectivity index (χ4n) is 5.04. The Hall–Kier alpha value is -4.36. The van der Waals surface area contributed by atoms with E-state index in [9.17, 15) is 9.59 Å². The van der Waals surface area contributed by atoms with Crippen molar-refractivity contribution in [2.75, 3.05) is 42.9 Å². The van der Waals surface area contributed by atoms with Crippen LogP contribution >= 0.6 is 0 Å². The molecule has 0 spiro atoms. The van der Waals surface area contributed by atoms with Gasteiger partial charge in [-0.25, -0.2) is 0 Å². The number of amides is 2. The Balaban J connectivity index is 1.22. The number of piperazine rings is 1. The highest BCUT2D eigenvalue weighted by molar-refractivity contribution is 6.08. The summed E-state index contributed by atoms with van der Waals surface area (Å²) >= 11 is 0. The van der Waals surface area contributed by atoms with Gasteiger partial charge in [0.2, 0.25) is 5.91 Å². The third-order valence-corrected chi connectivity index (χ3v) is 6.94. The molecular formula is C31H33N5O2. The third-order valence-electron chi connectivity index (χ3n) is 6.94. The largest absolute Gasteiger partial charge is 0.369 e. The van der Waals surface area contributed by atoms with E-state index in [2.05, 4.69) is 25.4 Å². The molecule has 0 radical (unpaired) electrons. The van der Waals surface area contributed by atoms with Gasteiger partial charge in [0.25, 0.3) is 5.91 Å². The van der Waals surface area contributed by atoms with Crippen LogP contribution < -0.4 is 15.5 Å². The zero-order valence-corrected chi connectivity index (χ0v) is 21.6. The normalized spacial score (nSPS) is 14.6. The van der Waals surface area contributed by atoms with E-state index in [1.165, 1.54) is 0 Å². The van der Waals surface area contributed by atoms with Crippen LogP contribution in [0, 0.1) is 0 Å². The van der Waals surface area contributed by atoms with Crippen LogP contribution in [0.2, 0.25) is 0 Å². The number of nitrogens with zero attached hydrogens (tertiary/aromatic N) is 2. The molecule has 5 rings (SSSR count). The Labute approximate surface area is 223 Å². The number of aromatic amines is 1. The van der Waals surface area contributed by atoms with Crippen molar-refractivity contribution in [1.82, 2.24) is 15.2 Å². The number of hydrogen-bond acceptors (Lipinski definition) is 4. The maximum Gasteiger partial charge on any atom is 0.256 e. The number of hydrogen-bond donors (Lipinski definition) is 3. The smallest absolute Gasteiger partial charge is 0.256 e. The molecule has 1 aromatic heterocycles. The van der Waals surface area contributed by atoms with Gasteiger partial charge in [0, 0.05) is 67.1 Å². The quantitative estimate of drug-likeness (QED) is 0.316. The number of benzene rings is 3. The van der Waals surface area contributed by atoms with Gasteiger partial charge >= 0.3 is 0 Å². The number of carbonyl (C=O) groups is 2. The lowest BCUT2D eigenvalue weighted by atomic mass is 10.0. The summed E-state index contributed by atoms with van der Waals surface area (Å²) in [5, 5.41) is 6.03. The van der Waals surface area contributed by atoms with Crippen molar-refractivity contribution < 1.29 is 9.59 Å². The molecule has 3 aromatic carbocycles. The Bertz CT molecular complexity index is 1340. The number of anilines is 2. The fourth-order valence-corrected chi connectivity index (χ4v) is 5.04. The van der Waals surface area contributed by atoms with Crippen molar-refractivity contribution >= 4 is 23.2 Å². The van der Waals surface area contributed by atoms with Crippen LogP contribution in [0.15, 0.2) is 97.2 Å². The van der Waals surface area contributed by atoms with E-state index < -0.39 is 0 Å². The number of H-pyrrole nitrogens is 1. The van der Waals surface area contributed by atoms with Gasteiger partial charge in [0.05, 0.1) is 0 Å². The molecule has 0 bridgehead atoms. The third kappa shape index (κ3) is 5.63. The lowest BCUT2D eigenvalue weighted by molar-refractivity contribution is -0.126. The summed E-state index contributed by atoms with van der Waals surface area (Å²) in [7, 11) is 0. The zero-order valence-electron chi connectivity index (χ0n) is 21.6. The monoisotopic (exact) mass is 507 g/mol. The molecule has 7 heteroatoms. The molecule has 7 nitrogen and oxygen atoms in total. The summed E-state index contributed by atoms with van der Waals surface area (Å²) in [6.07, 6.45) is 1.85. The molecule has 1 saturated heterocycles. The van der Waals surface area contributed by atoms with Crippen LogP contribution in [-0.2, 0) is 4.79 Å². The van der Waals surface area contributed by atoms with E-state index in [0.717, 1.165) is 54.4 Å². The van der Waals surface area contributed by atoms with Crippen LogP contribution in [0.25, 0.3) is 11.3 Å². The predicted molar refractivity (Wildman–Crippen MR) is 152 cm³/mol. The van der Waals surface area contributed by atoms with Gasteiger partial charge < -0.3 is 20.5 Å². The van der Waals surface area contributed by atoms with Crippen molar-refractivity contribution in [1.29, 1.82) is 0 Å². The van der Waals surface area contributed by atoms with Crippen molar-refractivity contribution in [3.8, 4) is 11.3 Å². The van der Waals surface area contributed by atoms with Gasteiger partial charge in [-0.1, -0.05) is 48.5 Å². The van der Waals surface area contributed by atoms with Crippen molar-refractivity contribution in [2.45, 2.75) is 13.0 Å². The van der Waals surface area contributed by atoms with Crippen molar-refractivity contribution in [2.24, 2.45) is 0 Å². The Morgan fingerprint density at radius 3 is 2.24 bits per heavy atom. The summed E-state index contributed by atoms with van der Waals surface area (Å²) < 4.78 is 0. The summed E-state index contributed by atoms with van der Waals surface area (Å²) in [5.74, 6) is -0.0982. The first-order chi connectivity index (χ1) is 18.6. The first-order valence-electron chi connectivity index (χ1n) is 13.1. The van der Waals surface area contributed by atoms with Crippen LogP contribution in [0.4, 0.5) is 11.4 Å². The van der Waals surface area contributed by atoms with Gasteiger partial charge in [-0.2, -0.15) is 0 Å². The molecule has 1 aliphatic rings. The maximum absolute atomic E-state index is 13.1. The highest BCUT2D eigenvalue weighted by Crippen LogP contribution is 2.27. The standard InChI is InChI=1S/C31H33N5O2/c1-2-32-31(38)29(23-9-4-3-5-10-23)36-21-19-35(20-22-36)25-16-14-24(15-17-25)34-30(37)27-12-7-6-11-26(27)28-13-8-18-33-28/h3-18,29,33H,2,19-22H2,1H3,(H,32,38)(H,34,37). The van der Waals surface area contributed by atoms with Crippen molar-refractivity contribution in [3.63, 3.8) is 0 Å². The number of carbonyl (C=O) groups excluding carboxylic acids is 2. The highest BCUT2D eigenvalue weighted by atomic mass is 16.2.